The van der Waals surface area contributed by atoms with Gasteiger partial charge in [0.15, 0.2) is 0 Å². The lowest BCUT2D eigenvalue weighted by Gasteiger charge is -2.38. The van der Waals surface area contributed by atoms with Crippen molar-refractivity contribution in [1.82, 2.24) is 20.9 Å². The van der Waals surface area contributed by atoms with Crippen molar-refractivity contribution in [3.63, 3.8) is 0 Å². The fourth-order valence-electron chi connectivity index (χ4n) is 5.51. The summed E-state index contributed by atoms with van der Waals surface area (Å²) in [5.41, 5.74) is -1.52. The molecule has 0 radical (unpaired) electrons. The van der Waals surface area contributed by atoms with Crippen LogP contribution in [0.2, 0.25) is 0 Å². The first kappa shape index (κ1) is 28.9. The minimum absolute atomic E-state index is 0.0738. The summed E-state index contributed by atoms with van der Waals surface area (Å²) in [4.78, 5) is 66.5. The van der Waals surface area contributed by atoms with Crippen LogP contribution >= 0.6 is 0 Å². The van der Waals surface area contributed by atoms with E-state index in [0.717, 1.165) is 12.8 Å². The third-order valence-electron chi connectivity index (χ3n) is 7.88. The Labute approximate surface area is 220 Å². The summed E-state index contributed by atoms with van der Waals surface area (Å²) in [6.45, 7) is 15.3. The zero-order chi connectivity index (χ0) is 28.1. The van der Waals surface area contributed by atoms with Gasteiger partial charge in [0.2, 0.25) is 17.6 Å². The molecule has 10 nitrogen and oxygen atoms in total. The van der Waals surface area contributed by atoms with E-state index < -0.39 is 52.8 Å². The number of ether oxygens (including phenoxy) is 1. The van der Waals surface area contributed by atoms with Gasteiger partial charge in [-0.2, -0.15) is 0 Å². The molecule has 1 saturated heterocycles. The van der Waals surface area contributed by atoms with Crippen LogP contribution in [-0.4, -0.2) is 71.8 Å². The summed E-state index contributed by atoms with van der Waals surface area (Å²) in [7, 11) is 1.38. The Bertz CT molecular complexity index is 959. The zero-order valence-corrected chi connectivity index (χ0v) is 23.7. The van der Waals surface area contributed by atoms with Gasteiger partial charge in [0.25, 0.3) is 5.91 Å². The number of carbonyl (C=O) groups is 5. The molecule has 2 aliphatic carbocycles. The molecule has 3 fully saturated rings. The highest BCUT2D eigenvalue weighted by atomic mass is 16.6. The Morgan fingerprint density at radius 1 is 1.00 bits per heavy atom. The summed E-state index contributed by atoms with van der Waals surface area (Å²) in [5, 5.41) is 7.89. The number of piperidine rings is 1. The quantitative estimate of drug-likeness (QED) is 0.419. The second-order valence-corrected chi connectivity index (χ2v) is 13.5. The number of likely N-dealkylation sites (N-methyl/N-ethyl adjacent to an activating group) is 1. The van der Waals surface area contributed by atoms with Crippen LogP contribution in [0, 0.1) is 28.6 Å². The van der Waals surface area contributed by atoms with Crippen molar-refractivity contribution in [3.8, 4) is 0 Å². The summed E-state index contributed by atoms with van der Waals surface area (Å²) in [5.74, 6) is -1.86. The van der Waals surface area contributed by atoms with Gasteiger partial charge in [-0.1, -0.05) is 47.5 Å². The molecular formula is C27H44N4O6. The standard InChI is InChI=1S/C27H44N4O6/c1-25(2,3)20(30-24(36)37-26(4,5)6)23(35)31-13-15-17(27(15,7)8)18(31)21(33)29-16(12-14-10-11-14)19(32)22(34)28-9/h14-18,20H,10-13H2,1-9H3,(H,28,34)(H,29,33)(H,30,36)/t15?,16?,17?,18-,20+/m0/s1. The fourth-order valence-corrected chi connectivity index (χ4v) is 5.51. The molecule has 3 rings (SSSR count). The molecule has 2 saturated carbocycles. The molecule has 0 aromatic carbocycles. The summed E-state index contributed by atoms with van der Waals surface area (Å²) < 4.78 is 5.39. The SMILES string of the molecule is CNC(=O)C(=O)C(CC1CC1)NC(=O)[C@@H]1C2C(CN1C(=O)[C@@H](NC(=O)OC(C)(C)C)C(C)(C)C)C2(C)C. The molecule has 37 heavy (non-hydrogen) atoms. The predicted octanol–water partition coefficient (Wildman–Crippen LogP) is 2.01. The minimum Gasteiger partial charge on any atom is -0.444 e. The number of fused-ring (bicyclic) bond motifs is 1. The maximum atomic E-state index is 13.9. The fraction of sp³-hybridized carbons (Fsp3) is 0.815. The van der Waals surface area contributed by atoms with E-state index in [9.17, 15) is 24.0 Å². The molecule has 0 aromatic rings. The van der Waals surface area contributed by atoms with Gasteiger partial charge in [0, 0.05) is 13.6 Å². The van der Waals surface area contributed by atoms with E-state index in [-0.39, 0.29) is 23.2 Å². The molecule has 3 N–H and O–H groups in total. The number of likely N-dealkylation sites (tertiary alicyclic amines) is 1. The van der Waals surface area contributed by atoms with Crippen LogP contribution < -0.4 is 16.0 Å². The maximum absolute atomic E-state index is 13.9. The van der Waals surface area contributed by atoms with E-state index in [4.69, 9.17) is 4.74 Å². The number of Topliss-reactive ketones (excluding diaryl/α,β-unsaturated/α-hetero) is 1. The second kappa shape index (κ2) is 9.91. The number of nitrogens with one attached hydrogen (secondary N) is 3. The van der Waals surface area contributed by atoms with Gasteiger partial charge in [-0.25, -0.2) is 4.79 Å². The van der Waals surface area contributed by atoms with Crippen molar-refractivity contribution in [2.24, 2.45) is 28.6 Å². The molecule has 0 aromatic heterocycles. The van der Waals surface area contributed by atoms with Gasteiger partial charge in [-0.05, 0) is 55.8 Å². The van der Waals surface area contributed by atoms with E-state index in [1.807, 2.05) is 20.8 Å². The normalized spacial score (nSPS) is 25.9. The van der Waals surface area contributed by atoms with E-state index in [2.05, 4.69) is 29.8 Å². The molecular weight excluding hydrogens is 476 g/mol. The Morgan fingerprint density at radius 2 is 1.59 bits per heavy atom. The predicted molar refractivity (Wildman–Crippen MR) is 137 cm³/mol. The van der Waals surface area contributed by atoms with Crippen molar-refractivity contribution in [2.45, 2.75) is 98.4 Å². The lowest BCUT2D eigenvalue weighted by molar-refractivity contribution is -0.145. The van der Waals surface area contributed by atoms with Gasteiger partial charge in [0.1, 0.15) is 17.7 Å². The van der Waals surface area contributed by atoms with Crippen LogP contribution in [0.1, 0.15) is 74.7 Å². The number of amides is 4. The molecule has 4 amide bonds. The van der Waals surface area contributed by atoms with Gasteiger partial charge in [-0.3, -0.25) is 19.2 Å². The molecule has 208 valence electrons. The van der Waals surface area contributed by atoms with Gasteiger partial charge in [0.05, 0.1) is 6.04 Å². The van der Waals surface area contributed by atoms with Gasteiger partial charge in [-0.15, -0.1) is 0 Å². The smallest absolute Gasteiger partial charge is 0.408 e. The van der Waals surface area contributed by atoms with Crippen LogP contribution in [0.3, 0.4) is 0 Å². The van der Waals surface area contributed by atoms with Crippen LogP contribution in [-0.2, 0) is 23.9 Å². The average Bonchev–Trinajstić information content (AvgIpc) is 3.60. The maximum Gasteiger partial charge on any atom is 0.408 e. The Kier molecular flexibility index (Phi) is 7.74. The highest BCUT2D eigenvalue weighted by Gasteiger charge is 2.70. The van der Waals surface area contributed by atoms with E-state index in [0.29, 0.717) is 18.9 Å². The largest absolute Gasteiger partial charge is 0.444 e. The minimum atomic E-state index is -0.934. The highest BCUT2D eigenvalue weighted by Crippen LogP contribution is 2.65. The van der Waals surface area contributed by atoms with Gasteiger partial charge >= 0.3 is 6.09 Å². The first-order valence-electron chi connectivity index (χ1n) is 13.2. The number of hydrogen-bond acceptors (Lipinski definition) is 6. The lowest BCUT2D eigenvalue weighted by Crippen LogP contribution is -2.60. The molecule has 3 unspecified atom stereocenters. The van der Waals surface area contributed by atoms with Crippen molar-refractivity contribution in [2.75, 3.05) is 13.6 Å². The van der Waals surface area contributed by atoms with Crippen LogP contribution in [0.4, 0.5) is 4.79 Å². The summed E-state index contributed by atoms with van der Waals surface area (Å²) in [6.07, 6.45) is 1.62. The zero-order valence-electron chi connectivity index (χ0n) is 23.7. The molecule has 10 heteroatoms. The lowest BCUT2D eigenvalue weighted by atomic mass is 9.85. The van der Waals surface area contributed by atoms with Crippen molar-refractivity contribution >= 4 is 29.6 Å². The molecule has 1 aliphatic heterocycles. The second-order valence-electron chi connectivity index (χ2n) is 13.5. The summed E-state index contributed by atoms with van der Waals surface area (Å²) >= 11 is 0. The number of rotatable bonds is 8. The molecule has 5 atom stereocenters. The van der Waals surface area contributed by atoms with E-state index in [1.54, 1.807) is 25.7 Å². The first-order chi connectivity index (χ1) is 16.9. The Balaban J connectivity index is 1.83. The Hall–Kier alpha value is -2.65. The van der Waals surface area contributed by atoms with Crippen LogP contribution in [0.5, 0.6) is 0 Å². The van der Waals surface area contributed by atoms with Crippen molar-refractivity contribution < 1.29 is 28.7 Å². The third kappa shape index (κ3) is 6.44. The van der Waals surface area contributed by atoms with E-state index >= 15 is 0 Å². The van der Waals surface area contributed by atoms with Crippen molar-refractivity contribution in [1.29, 1.82) is 0 Å². The van der Waals surface area contributed by atoms with Gasteiger partial charge < -0.3 is 25.6 Å². The number of alkyl carbamates (subject to hydrolysis) is 1. The molecule has 0 spiro atoms. The highest BCUT2D eigenvalue weighted by molar-refractivity contribution is 6.38. The number of carbonyl (C=O) groups excluding carboxylic acids is 5. The third-order valence-corrected chi connectivity index (χ3v) is 7.88. The number of nitrogens with zero attached hydrogens (tertiary/aromatic N) is 1. The topological polar surface area (TPSA) is 134 Å². The molecule has 1 heterocycles. The molecule has 3 aliphatic rings. The number of ketones is 1. The number of hydrogen-bond donors (Lipinski definition) is 3. The first-order valence-corrected chi connectivity index (χ1v) is 13.2. The summed E-state index contributed by atoms with van der Waals surface area (Å²) in [6, 6.07) is -2.65. The molecule has 0 bridgehead atoms. The average molecular weight is 521 g/mol. The monoisotopic (exact) mass is 520 g/mol. The Morgan fingerprint density at radius 3 is 2.08 bits per heavy atom. The van der Waals surface area contributed by atoms with Crippen LogP contribution in [0.15, 0.2) is 0 Å². The van der Waals surface area contributed by atoms with E-state index in [1.165, 1.54) is 7.05 Å². The van der Waals surface area contributed by atoms with Crippen molar-refractivity contribution in [3.05, 3.63) is 0 Å². The van der Waals surface area contributed by atoms with Crippen LogP contribution in [0.25, 0.3) is 0 Å².